The van der Waals surface area contributed by atoms with Crippen molar-refractivity contribution in [3.05, 3.63) is 66.1 Å². The molecule has 1 unspecified atom stereocenters. The van der Waals surface area contributed by atoms with Crippen molar-refractivity contribution in [2.24, 2.45) is 5.14 Å². The van der Waals surface area contributed by atoms with Crippen LogP contribution in [0, 0.1) is 5.82 Å². The van der Waals surface area contributed by atoms with Crippen molar-refractivity contribution in [1.29, 1.82) is 0 Å². The maximum atomic E-state index is 13.3. The number of sulfonamides is 1. The summed E-state index contributed by atoms with van der Waals surface area (Å²) in [6, 6.07) is 10.7. The molecule has 0 aliphatic carbocycles. The first-order valence-corrected chi connectivity index (χ1v) is 11.9. The van der Waals surface area contributed by atoms with E-state index in [1.54, 1.807) is 6.92 Å². The van der Waals surface area contributed by atoms with Crippen LogP contribution in [0.3, 0.4) is 0 Å². The molecule has 4 rings (SSSR count). The highest BCUT2D eigenvalue weighted by molar-refractivity contribution is 7.89. The van der Waals surface area contributed by atoms with Crippen LogP contribution in [0.2, 0.25) is 0 Å². The molecular formula is C22H19F4N7O2S. The maximum absolute atomic E-state index is 13.3. The quantitative estimate of drug-likeness (QED) is 0.310. The lowest BCUT2D eigenvalue weighted by Gasteiger charge is -2.17. The summed E-state index contributed by atoms with van der Waals surface area (Å²) in [5, 5.41) is 10.3. The molecule has 0 aliphatic rings. The van der Waals surface area contributed by atoms with Crippen LogP contribution in [0.15, 0.2) is 59.6 Å². The summed E-state index contributed by atoms with van der Waals surface area (Å²) in [5.41, 5.74) is 1.47. The van der Waals surface area contributed by atoms with Gasteiger partial charge < -0.3 is 10.6 Å². The molecule has 2 aromatic carbocycles. The molecule has 0 aliphatic heterocycles. The number of aromatic nitrogens is 4. The van der Waals surface area contributed by atoms with Crippen LogP contribution in [0.5, 0.6) is 0 Å². The summed E-state index contributed by atoms with van der Waals surface area (Å²) in [6.07, 6.45) is -3.15. The number of nitrogens with two attached hydrogens (primary N) is 1. The number of anilines is 2. The van der Waals surface area contributed by atoms with E-state index in [4.69, 9.17) is 5.14 Å². The Morgan fingerprint density at radius 1 is 1.00 bits per heavy atom. The minimum absolute atomic E-state index is 0.00298. The standard InChI is InChI=1S/C22H19F4N7O2S/c1-12(13-4-8-16(9-5-13)36(27,34)35)30-21-32-19-18(20(33-21)29-11-22(24,25)26)31-17(10-28-19)14-2-6-15(23)7-3-14/h2-10,12H,11H2,1H3,(H2,27,34,35)(H2,28,29,30,32,33). The second-order valence-electron chi connectivity index (χ2n) is 7.78. The molecule has 9 nitrogen and oxygen atoms in total. The zero-order valence-corrected chi connectivity index (χ0v) is 19.4. The molecule has 0 spiro atoms. The number of hydrogen-bond acceptors (Lipinski definition) is 8. The van der Waals surface area contributed by atoms with E-state index < -0.39 is 34.6 Å². The van der Waals surface area contributed by atoms with E-state index in [9.17, 15) is 26.0 Å². The van der Waals surface area contributed by atoms with Crippen LogP contribution in [-0.4, -0.2) is 41.1 Å². The van der Waals surface area contributed by atoms with E-state index in [0.29, 0.717) is 16.8 Å². The Morgan fingerprint density at radius 2 is 1.67 bits per heavy atom. The number of hydrogen-bond donors (Lipinski definition) is 3. The monoisotopic (exact) mass is 521 g/mol. The Kier molecular flexibility index (Phi) is 6.73. The molecule has 0 saturated carbocycles. The van der Waals surface area contributed by atoms with Crippen LogP contribution in [0.1, 0.15) is 18.5 Å². The molecule has 0 saturated heterocycles. The number of benzene rings is 2. The Balaban J connectivity index is 1.69. The molecule has 188 valence electrons. The van der Waals surface area contributed by atoms with Crippen LogP contribution in [0.4, 0.5) is 29.3 Å². The maximum Gasteiger partial charge on any atom is 0.405 e. The highest BCUT2D eigenvalue weighted by atomic mass is 32.2. The molecule has 0 radical (unpaired) electrons. The fourth-order valence-corrected chi connectivity index (χ4v) is 3.78. The topological polar surface area (TPSA) is 136 Å². The van der Waals surface area contributed by atoms with E-state index in [0.717, 1.165) is 0 Å². The number of alkyl halides is 3. The van der Waals surface area contributed by atoms with Gasteiger partial charge in [-0.1, -0.05) is 12.1 Å². The van der Waals surface area contributed by atoms with Gasteiger partial charge in [-0.3, -0.25) is 0 Å². The minimum atomic E-state index is -4.52. The Bertz CT molecular complexity index is 1500. The van der Waals surface area contributed by atoms with Gasteiger partial charge in [0.15, 0.2) is 17.0 Å². The number of nitrogens with one attached hydrogen (secondary N) is 2. The van der Waals surface area contributed by atoms with Crippen molar-refractivity contribution in [2.45, 2.75) is 24.0 Å². The fourth-order valence-electron chi connectivity index (χ4n) is 3.26. The summed E-state index contributed by atoms with van der Waals surface area (Å²) in [5.74, 6) is -0.681. The summed E-state index contributed by atoms with van der Waals surface area (Å²) in [7, 11) is -3.86. The van der Waals surface area contributed by atoms with Crippen molar-refractivity contribution in [3.8, 4) is 11.3 Å². The van der Waals surface area contributed by atoms with E-state index >= 15 is 0 Å². The van der Waals surface area contributed by atoms with Crippen molar-refractivity contribution >= 4 is 33.0 Å². The Morgan fingerprint density at radius 3 is 2.28 bits per heavy atom. The average Bonchev–Trinajstić information content (AvgIpc) is 2.82. The molecule has 0 bridgehead atoms. The third-order valence-corrected chi connectivity index (χ3v) is 5.99. The van der Waals surface area contributed by atoms with E-state index in [-0.39, 0.29) is 27.8 Å². The largest absolute Gasteiger partial charge is 0.405 e. The summed E-state index contributed by atoms with van der Waals surface area (Å²) in [4.78, 5) is 16.9. The number of halogens is 4. The molecule has 36 heavy (non-hydrogen) atoms. The second-order valence-corrected chi connectivity index (χ2v) is 9.34. The van der Waals surface area contributed by atoms with E-state index in [1.807, 2.05) is 0 Å². The molecule has 1 atom stereocenters. The zero-order chi connectivity index (χ0) is 26.1. The predicted octanol–water partition coefficient (Wildman–Crippen LogP) is 4.02. The summed E-state index contributed by atoms with van der Waals surface area (Å²) >= 11 is 0. The molecule has 2 aromatic heterocycles. The van der Waals surface area contributed by atoms with Gasteiger partial charge in [-0.2, -0.15) is 23.1 Å². The van der Waals surface area contributed by atoms with Crippen LogP contribution in [-0.2, 0) is 10.0 Å². The number of rotatable bonds is 7. The molecule has 4 aromatic rings. The van der Waals surface area contributed by atoms with E-state index in [1.165, 1.54) is 54.7 Å². The Labute approximate surface area is 202 Å². The van der Waals surface area contributed by atoms with Crippen molar-refractivity contribution in [1.82, 2.24) is 19.9 Å². The smallest absolute Gasteiger partial charge is 0.359 e. The normalized spacial score (nSPS) is 12.9. The van der Waals surface area contributed by atoms with Gasteiger partial charge in [0.1, 0.15) is 12.4 Å². The lowest BCUT2D eigenvalue weighted by atomic mass is 10.1. The molecule has 2 heterocycles. The Hall–Kier alpha value is -3.91. The third kappa shape index (κ3) is 6.01. The third-order valence-electron chi connectivity index (χ3n) is 5.06. The van der Waals surface area contributed by atoms with E-state index in [2.05, 4.69) is 30.6 Å². The summed E-state index contributed by atoms with van der Waals surface area (Å²) in [6.45, 7) is 0.358. The van der Waals surface area contributed by atoms with Gasteiger partial charge in [-0.25, -0.2) is 27.9 Å². The fraction of sp³-hybridized carbons (Fsp3) is 0.182. The molecule has 0 fully saturated rings. The SMILES string of the molecule is CC(Nc1nc(NCC(F)(F)F)c2nc(-c3ccc(F)cc3)cnc2n1)c1ccc(S(N)(=O)=O)cc1. The van der Waals surface area contributed by atoms with Gasteiger partial charge in [0.25, 0.3) is 0 Å². The van der Waals surface area contributed by atoms with Gasteiger partial charge in [0, 0.05) is 5.56 Å². The van der Waals surface area contributed by atoms with Gasteiger partial charge in [0.05, 0.1) is 22.8 Å². The van der Waals surface area contributed by atoms with Crippen LogP contribution >= 0.6 is 0 Å². The first-order chi connectivity index (χ1) is 16.9. The highest BCUT2D eigenvalue weighted by Crippen LogP contribution is 2.26. The first kappa shape index (κ1) is 25.2. The highest BCUT2D eigenvalue weighted by Gasteiger charge is 2.28. The lowest BCUT2D eigenvalue weighted by molar-refractivity contribution is -0.115. The lowest BCUT2D eigenvalue weighted by Crippen LogP contribution is -2.22. The number of fused-ring (bicyclic) bond motifs is 1. The molecular weight excluding hydrogens is 502 g/mol. The predicted molar refractivity (Wildman–Crippen MR) is 125 cm³/mol. The van der Waals surface area contributed by atoms with Crippen molar-refractivity contribution in [3.63, 3.8) is 0 Å². The average molecular weight is 522 g/mol. The van der Waals surface area contributed by atoms with Crippen LogP contribution < -0.4 is 15.8 Å². The van der Waals surface area contributed by atoms with Crippen molar-refractivity contribution in [2.75, 3.05) is 17.2 Å². The van der Waals surface area contributed by atoms with Crippen molar-refractivity contribution < 1.29 is 26.0 Å². The number of primary sulfonamides is 1. The zero-order valence-electron chi connectivity index (χ0n) is 18.6. The summed E-state index contributed by atoms with van der Waals surface area (Å²) < 4.78 is 75.0. The van der Waals surface area contributed by atoms with Crippen LogP contribution in [0.25, 0.3) is 22.4 Å². The van der Waals surface area contributed by atoms with Gasteiger partial charge in [-0.05, 0) is 48.9 Å². The number of nitrogens with zero attached hydrogens (tertiary/aromatic N) is 4. The second kappa shape index (κ2) is 9.62. The molecule has 4 N–H and O–H groups in total. The minimum Gasteiger partial charge on any atom is -0.359 e. The molecule has 14 heteroatoms. The van der Waals surface area contributed by atoms with Gasteiger partial charge in [-0.15, -0.1) is 0 Å². The molecule has 0 amide bonds. The first-order valence-electron chi connectivity index (χ1n) is 10.4. The van der Waals surface area contributed by atoms with Gasteiger partial charge in [0.2, 0.25) is 16.0 Å². The van der Waals surface area contributed by atoms with Gasteiger partial charge >= 0.3 is 6.18 Å².